The number of hydrogen-bond donors (Lipinski definition) is 2. The van der Waals surface area contributed by atoms with E-state index >= 15 is 0 Å². The molecule has 12 aromatic carbocycles. The molecule has 15 aromatic rings. The first-order valence-corrected chi connectivity index (χ1v) is 27.4. The molecular weight excluding hydrogens is 969 g/mol. The maximum Gasteiger partial charge on any atom is 0.0743 e. The van der Waals surface area contributed by atoms with Gasteiger partial charge >= 0.3 is 0 Å². The monoisotopic (exact) mass is 1010 g/mol. The standard InChI is InChI=1S/C76H46N4/c1-5-17-49-37-53(33-29-45(49)13-1)57-21-9-25-61-65-42-70-75-59(55-35-31-47-15-3-7-19-51(47)39-55)23-11-27-63(75)67(79-70)44-72-76-60(56-36-32-48-16-4-8-20-52(48)40-56)24-12-28-64(76)68(80-72)43-71-74-58(54-34-30-46-14-2-6-18-50(46)38-54)22-10-26-62(74)66(78-71)41-69(77-65)73(57)61/h1-44,77,80H. The average Bonchev–Trinajstić information content (AvgIpc) is 4.41. The molecule has 0 amide bonds. The Hall–Kier alpha value is -10.7. The Labute approximate surface area is 460 Å². The second-order valence-electron chi connectivity index (χ2n) is 21.4. The molecule has 5 heterocycles. The first kappa shape index (κ1) is 44.4. The predicted molar refractivity (Wildman–Crippen MR) is 337 cm³/mol. The molecule has 370 valence electrons. The van der Waals surface area contributed by atoms with Crippen molar-refractivity contribution < 1.29 is 0 Å². The smallest absolute Gasteiger partial charge is 0.0743 e. The minimum Gasteiger partial charge on any atom is -0.354 e. The van der Waals surface area contributed by atoms with Gasteiger partial charge in [-0.2, -0.15) is 0 Å². The van der Waals surface area contributed by atoms with Crippen molar-refractivity contribution in [3.63, 3.8) is 0 Å². The highest BCUT2D eigenvalue weighted by molar-refractivity contribution is 6.18. The quantitative estimate of drug-likeness (QED) is 0.185. The summed E-state index contributed by atoms with van der Waals surface area (Å²) in [4.78, 5) is 19.6. The zero-order chi connectivity index (χ0) is 52.4. The van der Waals surface area contributed by atoms with E-state index in [4.69, 9.17) is 9.97 Å². The molecule has 0 saturated carbocycles. The average molecular weight is 1020 g/mol. The van der Waals surface area contributed by atoms with E-state index < -0.39 is 0 Å². The summed E-state index contributed by atoms with van der Waals surface area (Å²) in [6.45, 7) is 0. The van der Waals surface area contributed by atoms with Crippen LogP contribution in [0.3, 0.4) is 0 Å². The van der Waals surface area contributed by atoms with E-state index in [1.807, 2.05) is 0 Å². The third-order valence-corrected chi connectivity index (χ3v) is 16.8. The lowest BCUT2D eigenvalue weighted by Gasteiger charge is -2.10. The minimum absolute atomic E-state index is 0.890. The summed E-state index contributed by atoms with van der Waals surface area (Å²) in [6.07, 6.45) is 0. The van der Waals surface area contributed by atoms with Crippen molar-refractivity contribution in [2.45, 2.75) is 0 Å². The number of aromatic nitrogens is 4. The van der Waals surface area contributed by atoms with Crippen LogP contribution in [0.4, 0.5) is 0 Å². The fourth-order valence-electron chi connectivity index (χ4n) is 13.1. The van der Waals surface area contributed by atoms with Gasteiger partial charge in [0.25, 0.3) is 0 Å². The number of H-pyrrole nitrogens is 2. The van der Waals surface area contributed by atoms with Gasteiger partial charge in [-0.3, -0.25) is 0 Å². The van der Waals surface area contributed by atoms with Crippen LogP contribution in [0.25, 0.3) is 176 Å². The van der Waals surface area contributed by atoms with Gasteiger partial charge in [0.1, 0.15) is 0 Å². The molecule has 0 unspecified atom stereocenters. The van der Waals surface area contributed by atoms with Gasteiger partial charge in [0.2, 0.25) is 0 Å². The Morgan fingerprint density at radius 1 is 0.212 bits per heavy atom. The third kappa shape index (κ3) is 7.02. The lowest BCUT2D eigenvalue weighted by molar-refractivity contribution is 1.40. The highest BCUT2D eigenvalue weighted by Gasteiger charge is 2.25. The normalized spacial score (nSPS) is 12.0. The zero-order valence-electron chi connectivity index (χ0n) is 43.3. The van der Waals surface area contributed by atoms with Gasteiger partial charge in [0.05, 0.1) is 22.8 Å². The first-order valence-electron chi connectivity index (χ1n) is 27.4. The van der Waals surface area contributed by atoms with Crippen LogP contribution in [0.15, 0.2) is 267 Å². The molecule has 2 N–H and O–H groups in total. The third-order valence-electron chi connectivity index (χ3n) is 16.8. The SMILES string of the molecule is c1cc(-c2ccc3ccccc3c2)c2c(c1)-c1cc3[nH]c(cc4nc(cc5[nH]c(cc-2n1)c1cccc(-c2ccc6ccccc6c2)c51)-c1cccc(-c2ccc5ccccc5c2)c1-4)c1cccc(-c2ccc4ccccc4c2)c31. The molecule has 3 aromatic heterocycles. The topological polar surface area (TPSA) is 57.4 Å². The molecule has 4 heteroatoms. The Morgan fingerprint density at radius 3 is 0.887 bits per heavy atom. The summed E-state index contributed by atoms with van der Waals surface area (Å²) < 4.78 is 0. The zero-order valence-corrected chi connectivity index (χ0v) is 43.3. The molecule has 17 rings (SSSR count). The Kier molecular flexibility index (Phi) is 9.68. The number of nitrogens with zero attached hydrogens (tertiary/aromatic N) is 2. The number of fused-ring (bicyclic) bond motifs is 24. The maximum absolute atomic E-state index is 5.75. The van der Waals surface area contributed by atoms with Gasteiger partial charge in [-0.05, 0) is 136 Å². The summed E-state index contributed by atoms with van der Waals surface area (Å²) >= 11 is 0. The fraction of sp³-hybridized carbons (Fsp3) is 0. The van der Waals surface area contributed by atoms with Crippen LogP contribution in [-0.4, -0.2) is 19.9 Å². The lowest BCUT2D eigenvalue weighted by Crippen LogP contribution is -1.86. The minimum atomic E-state index is 0.890. The second-order valence-corrected chi connectivity index (χ2v) is 21.4. The van der Waals surface area contributed by atoms with Crippen LogP contribution in [0, 0.1) is 0 Å². The van der Waals surface area contributed by atoms with Gasteiger partial charge in [0.15, 0.2) is 0 Å². The highest BCUT2D eigenvalue weighted by Crippen LogP contribution is 2.48. The number of benzene rings is 12. The molecule has 80 heavy (non-hydrogen) atoms. The number of nitrogens with one attached hydrogen (secondary N) is 2. The van der Waals surface area contributed by atoms with Crippen molar-refractivity contribution in [1.29, 1.82) is 0 Å². The lowest BCUT2D eigenvalue weighted by atomic mass is 9.92. The molecule has 0 atom stereocenters. The summed E-state index contributed by atoms with van der Waals surface area (Å²) in [5.74, 6) is 0. The molecule has 0 radical (unpaired) electrons. The van der Waals surface area contributed by atoms with Crippen LogP contribution in [-0.2, 0) is 0 Å². The van der Waals surface area contributed by atoms with E-state index in [0.29, 0.717) is 0 Å². The van der Waals surface area contributed by atoms with Crippen LogP contribution in [0.1, 0.15) is 0 Å². The van der Waals surface area contributed by atoms with E-state index in [1.54, 1.807) is 0 Å². The van der Waals surface area contributed by atoms with Gasteiger partial charge in [-0.25, -0.2) is 9.97 Å². The molecule has 2 aliphatic rings. The molecule has 4 nitrogen and oxygen atoms in total. The second kappa shape index (κ2) is 17.4. The molecule has 8 bridgehead atoms. The van der Waals surface area contributed by atoms with E-state index in [-0.39, 0.29) is 0 Å². The van der Waals surface area contributed by atoms with E-state index in [0.717, 1.165) is 133 Å². The van der Waals surface area contributed by atoms with Crippen molar-refractivity contribution in [3.8, 4) is 89.5 Å². The van der Waals surface area contributed by atoms with E-state index in [9.17, 15) is 0 Å². The van der Waals surface area contributed by atoms with Gasteiger partial charge in [-0.1, -0.05) is 218 Å². The van der Waals surface area contributed by atoms with Gasteiger partial charge in [0, 0.05) is 65.9 Å². The van der Waals surface area contributed by atoms with Crippen molar-refractivity contribution >= 4 is 86.7 Å². The van der Waals surface area contributed by atoms with Crippen molar-refractivity contribution in [1.82, 2.24) is 19.9 Å². The van der Waals surface area contributed by atoms with E-state index in [1.165, 1.54) is 43.1 Å². The highest BCUT2D eigenvalue weighted by atomic mass is 14.8. The largest absolute Gasteiger partial charge is 0.354 e. The number of hydrogen-bond acceptors (Lipinski definition) is 2. The van der Waals surface area contributed by atoms with Gasteiger partial charge in [-0.15, -0.1) is 0 Å². The fourth-order valence-corrected chi connectivity index (χ4v) is 13.1. The molecule has 0 spiro atoms. The van der Waals surface area contributed by atoms with Crippen LogP contribution < -0.4 is 0 Å². The number of aromatic amines is 2. The summed E-state index contributed by atoms with van der Waals surface area (Å²) in [7, 11) is 0. The van der Waals surface area contributed by atoms with Gasteiger partial charge < -0.3 is 9.97 Å². The first-order chi connectivity index (χ1) is 39.6. The summed E-state index contributed by atoms with van der Waals surface area (Å²) in [5, 5.41) is 14.1. The van der Waals surface area contributed by atoms with Crippen molar-refractivity contribution in [2.24, 2.45) is 0 Å². The van der Waals surface area contributed by atoms with Crippen LogP contribution in [0.2, 0.25) is 0 Å². The Balaban J connectivity index is 1.02. The number of rotatable bonds is 4. The molecular formula is C76H46N4. The van der Waals surface area contributed by atoms with E-state index in [2.05, 4.69) is 277 Å². The van der Waals surface area contributed by atoms with Crippen molar-refractivity contribution in [3.05, 3.63) is 267 Å². The molecule has 0 aliphatic carbocycles. The Bertz CT molecular complexity index is 4990. The van der Waals surface area contributed by atoms with Crippen molar-refractivity contribution in [2.75, 3.05) is 0 Å². The summed E-state index contributed by atoms with van der Waals surface area (Å²) in [6, 6.07) is 97.6. The molecule has 0 fully saturated rings. The molecule has 2 aliphatic heterocycles. The summed E-state index contributed by atoms with van der Waals surface area (Å²) in [5.41, 5.74) is 21.0. The molecule has 0 saturated heterocycles. The predicted octanol–water partition coefficient (Wildman–Crippen LogP) is 20.6. The Morgan fingerprint density at radius 2 is 0.512 bits per heavy atom. The maximum atomic E-state index is 5.75. The van der Waals surface area contributed by atoms with Crippen LogP contribution in [0.5, 0.6) is 0 Å². The van der Waals surface area contributed by atoms with Crippen LogP contribution >= 0.6 is 0 Å².